The van der Waals surface area contributed by atoms with Gasteiger partial charge >= 0.3 is 0 Å². The number of hydrogen-bond acceptors (Lipinski definition) is 2. The second-order valence-electron chi connectivity index (χ2n) is 8.80. The molecule has 1 aromatic rings. The average Bonchev–Trinajstić information content (AvgIpc) is 2.92. The Bertz CT molecular complexity index is 795. The molecule has 3 unspecified atom stereocenters. The molecule has 1 N–H and O–H groups in total. The lowest BCUT2D eigenvalue weighted by Gasteiger charge is -2.50. The minimum absolute atomic E-state index is 0.0110. The van der Waals surface area contributed by atoms with Gasteiger partial charge in [0.1, 0.15) is 0 Å². The summed E-state index contributed by atoms with van der Waals surface area (Å²) in [5.41, 5.74) is 3.58. The van der Waals surface area contributed by atoms with Gasteiger partial charge in [0.2, 0.25) is 0 Å². The fourth-order valence-electron chi connectivity index (χ4n) is 6.21. The molecule has 2 saturated carbocycles. The third kappa shape index (κ3) is 2.59. The standard InChI is InChI=1S/C24H29NO/c1-3-4-5-7-16-14-22-21-11-10-18-17(15-25)8-6-9-19(18)20(21)12-13-24(22,2)23(16)26/h6,8-9,16,20-23,26H,3-4,10-14H2,1-2H3/t16-,20?,21?,22?,23+,24+/m1/s1. The lowest BCUT2D eigenvalue weighted by Crippen LogP contribution is -2.44. The van der Waals surface area contributed by atoms with Crippen molar-refractivity contribution >= 4 is 0 Å². The minimum atomic E-state index is -0.287. The monoisotopic (exact) mass is 347 g/mol. The van der Waals surface area contributed by atoms with Crippen LogP contribution in [0.1, 0.15) is 75.0 Å². The molecular formula is C24H29NO. The lowest BCUT2D eigenvalue weighted by molar-refractivity contribution is -0.0278. The molecule has 6 atom stereocenters. The summed E-state index contributed by atoms with van der Waals surface area (Å²) in [6.07, 6.45) is 7.13. The predicted octanol–water partition coefficient (Wildman–Crippen LogP) is 4.80. The van der Waals surface area contributed by atoms with Crippen LogP contribution in [0.2, 0.25) is 0 Å². The van der Waals surface area contributed by atoms with Crippen molar-refractivity contribution in [3.8, 4) is 17.9 Å². The topological polar surface area (TPSA) is 44.0 Å². The molecule has 0 aliphatic heterocycles. The fraction of sp³-hybridized carbons (Fsp3) is 0.625. The number of rotatable bonds is 1. The van der Waals surface area contributed by atoms with Gasteiger partial charge < -0.3 is 5.11 Å². The quantitative estimate of drug-likeness (QED) is 0.741. The van der Waals surface area contributed by atoms with E-state index in [1.54, 1.807) is 0 Å². The molecule has 3 aliphatic carbocycles. The van der Waals surface area contributed by atoms with Crippen LogP contribution in [0.15, 0.2) is 18.2 Å². The third-order valence-electron chi connectivity index (χ3n) is 7.56. The maximum Gasteiger partial charge on any atom is 0.0994 e. The van der Waals surface area contributed by atoms with Crippen LogP contribution in [0.25, 0.3) is 0 Å². The Balaban J connectivity index is 1.64. The molecule has 0 saturated heterocycles. The Morgan fingerprint density at radius 2 is 2.15 bits per heavy atom. The Kier molecular flexibility index (Phi) is 4.58. The SMILES string of the molecule is CCCC#C[C@@H]1CC2C3CCc4c(C#N)cccc4C3CC[C@]2(C)[C@H]1O. The zero-order valence-corrected chi connectivity index (χ0v) is 16.0. The van der Waals surface area contributed by atoms with Crippen molar-refractivity contribution in [2.24, 2.45) is 23.2 Å². The van der Waals surface area contributed by atoms with Crippen molar-refractivity contribution in [2.75, 3.05) is 0 Å². The number of nitrogens with zero attached hydrogens (tertiary/aromatic N) is 1. The molecule has 2 fully saturated rings. The van der Waals surface area contributed by atoms with Gasteiger partial charge in [-0.25, -0.2) is 0 Å². The molecule has 2 heteroatoms. The van der Waals surface area contributed by atoms with E-state index in [1.165, 1.54) is 11.1 Å². The van der Waals surface area contributed by atoms with Gasteiger partial charge in [0.05, 0.1) is 17.7 Å². The number of fused-ring (bicyclic) bond motifs is 5. The van der Waals surface area contributed by atoms with Crippen molar-refractivity contribution in [1.29, 1.82) is 5.26 Å². The van der Waals surface area contributed by atoms with E-state index in [4.69, 9.17) is 0 Å². The fourth-order valence-corrected chi connectivity index (χ4v) is 6.21. The Morgan fingerprint density at radius 3 is 2.92 bits per heavy atom. The van der Waals surface area contributed by atoms with E-state index in [-0.39, 0.29) is 17.4 Å². The lowest BCUT2D eigenvalue weighted by atomic mass is 9.55. The first-order chi connectivity index (χ1) is 12.6. The third-order valence-corrected chi connectivity index (χ3v) is 7.56. The van der Waals surface area contributed by atoms with Gasteiger partial charge in [-0.1, -0.05) is 31.9 Å². The number of hydrogen-bond donors (Lipinski definition) is 1. The average molecular weight is 348 g/mol. The zero-order valence-electron chi connectivity index (χ0n) is 16.0. The van der Waals surface area contributed by atoms with Gasteiger partial charge in [0, 0.05) is 12.3 Å². The highest BCUT2D eigenvalue weighted by Gasteiger charge is 2.57. The summed E-state index contributed by atoms with van der Waals surface area (Å²) in [6, 6.07) is 8.65. The summed E-state index contributed by atoms with van der Waals surface area (Å²) in [5, 5.41) is 20.5. The van der Waals surface area contributed by atoms with Crippen LogP contribution in [0, 0.1) is 46.3 Å². The van der Waals surface area contributed by atoms with Crippen LogP contribution in [-0.2, 0) is 6.42 Å². The number of benzene rings is 1. The highest BCUT2D eigenvalue weighted by Crippen LogP contribution is 2.62. The number of aliphatic hydroxyl groups is 1. The van der Waals surface area contributed by atoms with E-state index < -0.39 is 0 Å². The van der Waals surface area contributed by atoms with Crippen LogP contribution in [-0.4, -0.2) is 11.2 Å². The maximum absolute atomic E-state index is 11.1. The Hall–Kier alpha value is -1.77. The van der Waals surface area contributed by atoms with E-state index in [2.05, 4.69) is 43.9 Å². The van der Waals surface area contributed by atoms with Crippen LogP contribution in [0.4, 0.5) is 0 Å². The molecule has 136 valence electrons. The van der Waals surface area contributed by atoms with Crippen LogP contribution in [0.3, 0.4) is 0 Å². The number of nitriles is 1. The van der Waals surface area contributed by atoms with Gasteiger partial charge in [-0.05, 0) is 78.9 Å². The molecule has 0 bridgehead atoms. The number of unbranched alkanes of at least 4 members (excludes halogenated alkanes) is 1. The van der Waals surface area contributed by atoms with Crippen LogP contribution in [0.5, 0.6) is 0 Å². The summed E-state index contributed by atoms with van der Waals surface area (Å²) in [7, 11) is 0. The van der Waals surface area contributed by atoms with E-state index >= 15 is 0 Å². The van der Waals surface area contributed by atoms with Gasteiger partial charge in [0.25, 0.3) is 0 Å². The van der Waals surface area contributed by atoms with Crippen molar-refractivity contribution in [3.63, 3.8) is 0 Å². The first-order valence-electron chi connectivity index (χ1n) is 10.3. The molecule has 2 nitrogen and oxygen atoms in total. The van der Waals surface area contributed by atoms with Crippen molar-refractivity contribution in [2.45, 2.75) is 70.8 Å². The van der Waals surface area contributed by atoms with Crippen molar-refractivity contribution < 1.29 is 5.11 Å². The van der Waals surface area contributed by atoms with E-state index in [0.29, 0.717) is 17.8 Å². The van der Waals surface area contributed by atoms with Gasteiger partial charge in [0.15, 0.2) is 0 Å². The predicted molar refractivity (Wildman–Crippen MR) is 103 cm³/mol. The van der Waals surface area contributed by atoms with Crippen LogP contribution >= 0.6 is 0 Å². The summed E-state index contributed by atoms with van der Waals surface area (Å²) < 4.78 is 0. The molecule has 0 amide bonds. The molecule has 0 spiro atoms. The molecule has 4 rings (SSSR count). The smallest absolute Gasteiger partial charge is 0.0994 e. The molecular weight excluding hydrogens is 318 g/mol. The summed E-state index contributed by atoms with van der Waals surface area (Å²) in [4.78, 5) is 0. The first kappa shape index (κ1) is 17.6. The molecule has 26 heavy (non-hydrogen) atoms. The van der Waals surface area contributed by atoms with Gasteiger partial charge in [-0.3, -0.25) is 0 Å². The van der Waals surface area contributed by atoms with Crippen molar-refractivity contribution in [1.82, 2.24) is 0 Å². The normalized spacial score (nSPS) is 37.5. The minimum Gasteiger partial charge on any atom is -0.391 e. The van der Waals surface area contributed by atoms with Gasteiger partial charge in [-0.15, -0.1) is 5.92 Å². The highest BCUT2D eigenvalue weighted by molar-refractivity contribution is 5.46. The molecule has 0 radical (unpaired) electrons. The summed E-state index contributed by atoms with van der Waals surface area (Å²) in [5.74, 6) is 8.57. The van der Waals surface area contributed by atoms with Gasteiger partial charge in [-0.2, -0.15) is 5.26 Å². The number of aliphatic hydroxyl groups excluding tert-OH is 1. The van der Waals surface area contributed by atoms with Crippen molar-refractivity contribution in [3.05, 3.63) is 34.9 Å². The summed E-state index contributed by atoms with van der Waals surface area (Å²) in [6.45, 7) is 4.46. The highest BCUT2D eigenvalue weighted by atomic mass is 16.3. The first-order valence-corrected chi connectivity index (χ1v) is 10.3. The maximum atomic E-state index is 11.1. The van der Waals surface area contributed by atoms with E-state index in [9.17, 15) is 10.4 Å². The zero-order chi connectivity index (χ0) is 18.3. The summed E-state index contributed by atoms with van der Waals surface area (Å²) >= 11 is 0. The second-order valence-corrected chi connectivity index (χ2v) is 8.80. The second kappa shape index (κ2) is 6.75. The molecule has 1 aromatic carbocycles. The van der Waals surface area contributed by atoms with E-state index in [1.807, 2.05) is 6.07 Å². The molecule has 0 heterocycles. The van der Waals surface area contributed by atoms with Crippen LogP contribution < -0.4 is 0 Å². The largest absolute Gasteiger partial charge is 0.391 e. The molecule has 0 aromatic heterocycles. The van der Waals surface area contributed by atoms with E-state index in [0.717, 1.165) is 50.5 Å². The molecule has 3 aliphatic rings. The Labute approximate surface area is 157 Å². The Morgan fingerprint density at radius 1 is 1.31 bits per heavy atom.